The van der Waals surface area contributed by atoms with E-state index >= 15 is 0 Å². The second kappa shape index (κ2) is 3.90. The number of nitrogens with zero attached hydrogens (tertiary/aromatic N) is 1. The number of carbonyl (C=O) groups is 1. The molecule has 3 heteroatoms. The quantitative estimate of drug-likeness (QED) is 0.669. The number of hydrogen-bond acceptors (Lipinski definition) is 2. The largest absolute Gasteiger partial charge is 0.327 e. The number of hydrogen-bond donors (Lipinski definition) is 1. The van der Waals surface area contributed by atoms with Gasteiger partial charge in [-0.25, -0.2) is 0 Å². The molecule has 1 N–H and O–H groups in total. The van der Waals surface area contributed by atoms with Crippen molar-refractivity contribution in [3.05, 3.63) is 0 Å². The highest BCUT2D eigenvalue weighted by Gasteiger charge is 2.26. The van der Waals surface area contributed by atoms with Crippen LogP contribution in [0.4, 0.5) is 0 Å². The first kappa shape index (κ1) is 9.52. The molecule has 1 aliphatic rings. The van der Waals surface area contributed by atoms with E-state index in [4.69, 9.17) is 0 Å². The molecule has 1 saturated heterocycles. The molecule has 12 heavy (non-hydrogen) atoms. The predicted octanol–water partition coefficient (Wildman–Crippen LogP) is 0.953. The van der Waals surface area contributed by atoms with E-state index in [9.17, 15) is 4.79 Å². The van der Waals surface area contributed by atoms with Gasteiger partial charge in [0.2, 0.25) is 5.91 Å². The molecule has 3 nitrogen and oxygen atoms in total. The van der Waals surface area contributed by atoms with Crippen molar-refractivity contribution in [3.8, 4) is 0 Å². The van der Waals surface area contributed by atoms with Crippen molar-refractivity contribution in [3.63, 3.8) is 0 Å². The average molecular weight is 170 g/mol. The summed E-state index contributed by atoms with van der Waals surface area (Å²) in [5.74, 6) is 0.186. The van der Waals surface area contributed by atoms with Crippen molar-refractivity contribution in [1.82, 2.24) is 10.2 Å². The van der Waals surface area contributed by atoms with Crippen LogP contribution in [0.25, 0.3) is 0 Å². The monoisotopic (exact) mass is 170 g/mol. The van der Waals surface area contributed by atoms with Gasteiger partial charge in [-0.3, -0.25) is 10.1 Å². The van der Waals surface area contributed by atoms with E-state index in [1.807, 2.05) is 4.90 Å². The van der Waals surface area contributed by atoms with Gasteiger partial charge in [0, 0.05) is 19.5 Å². The summed E-state index contributed by atoms with van der Waals surface area (Å²) in [7, 11) is 0. The van der Waals surface area contributed by atoms with Crippen LogP contribution in [0.1, 0.15) is 33.6 Å². The van der Waals surface area contributed by atoms with Crippen molar-refractivity contribution < 1.29 is 4.79 Å². The molecular weight excluding hydrogens is 152 g/mol. The van der Waals surface area contributed by atoms with Crippen molar-refractivity contribution in [2.24, 2.45) is 0 Å². The molecule has 1 amide bonds. The topological polar surface area (TPSA) is 32.3 Å². The summed E-state index contributed by atoms with van der Waals surface area (Å²) < 4.78 is 0. The highest BCUT2D eigenvalue weighted by atomic mass is 16.2. The maximum atomic E-state index is 11.1. The van der Waals surface area contributed by atoms with Gasteiger partial charge in [-0.05, 0) is 26.7 Å². The van der Waals surface area contributed by atoms with Crippen molar-refractivity contribution in [1.29, 1.82) is 0 Å². The number of likely N-dealkylation sites (tertiary alicyclic amines) is 1. The van der Waals surface area contributed by atoms with Gasteiger partial charge in [0.1, 0.15) is 0 Å². The Labute approximate surface area is 74.1 Å². The number of nitrogens with one attached hydrogen (secondary N) is 1. The van der Waals surface area contributed by atoms with Gasteiger partial charge in [0.15, 0.2) is 0 Å². The first-order valence-corrected chi connectivity index (χ1v) is 4.64. The first-order chi connectivity index (χ1) is 5.61. The number of carbonyl (C=O) groups excluding carboxylic acids is 1. The third-order valence-electron chi connectivity index (χ3n) is 2.18. The minimum atomic E-state index is 0.186. The number of rotatable bonds is 2. The minimum absolute atomic E-state index is 0.186. The van der Waals surface area contributed by atoms with Crippen molar-refractivity contribution >= 4 is 5.91 Å². The standard InChI is InChI=1S/C9H18N2O/c1-7(2)10-9-5-4-6-11(9)8(3)12/h7,9-10H,4-6H2,1-3H3. The Hall–Kier alpha value is -0.570. The van der Waals surface area contributed by atoms with E-state index in [1.54, 1.807) is 6.92 Å². The summed E-state index contributed by atoms with van der Waals surface area (Å²) in [6.45, 7) is 6.77. The van der Waals surface area contributed by atoms with Crippen LogP contribution in [0.3, 0.4) is 0 Å². The zero-order chi connectivity index (χ0) is 9.14. The highest BCUT2D eigenvalue weighted by Crippen LogP contribution is 2.15. The molecule has 0 aromatic heterocycles. The van der Waals surface area contributed by atoms with Crippen LogP contribution in [-0.2, 0) is 4.79 Å². The second-order valence-corrected chi connectivity index (χ2v) is 3.69. The Kier molecular flexibility index (Phi) is 3.09. The van der Waals surface area contributed by atoms with E-state index in [2.05, 4.69) is 19.2 Å². The van der Waals surface area contributed by atoms with E-state index in [1.165, 1.54) is 0 Å². The molecule has 1 heterocycles. The van der Waals surface area contributed by atoms with E-state index < -0.39 is 0 Å². The van der Waals surface area contributed by atoms with Gasteiger partial charge >= 0.3 is 0 Å². The molecule has 1 unspecified atom stereocenters. The number of amides is 1. The third-order valence-corrected chi connectivity index (χ3v) is 2.18. The van der Waals surface area contributed by atoms with Crippen LogP contribution >= 0.6 is 0 Å². The summed E-state index contributed by atoms with van der Waals surface area (Å²) in [6.07, 6.45) is 2.50. The van der Waals surface area contributed by atoms with Gasteiger partial charge in [-0.15, -0.1) is 0 Å². The molecule has 1 atom stereocenters. The van der Waals surface area contributed by atoms with Gasteiger partial charge in [0.25, 0.3) is 0 Å². The fraction of sp³-hybridized carbons (Fsp3) is 0.889. The Bertz CT molecular complexity index is 168. The van der Waals surface area contributed by atoms with Gasteiger partial charge in [-0.1, -0.05) is 0 Å². The molecule has 0 aromatic rings. The summed E-state index contributed by atoms with van der Waals surface area (Å²) in [4.78, 5) is 13.0. The zero-order valence-electron chi connectivity index (χ0n) is 8.13. The Balaban J connectivity index is 2.46. The molecule has 0 spiro atoms. The minimum Gasteiger partial charge on any atom is -0.327 e. The summed E-state index contributed by atoms with van der Waals surface area (Å²) >= 11 is 0. The highest BCUT2D eigenvalue weighted by molar-refractivity contribution is 5.73. The predicted molar refractivity (Wildman–Crippen MR) is 48.7 cm³/mol. The molecule has 0 saturated carbocycles. The van der Waals surface area contributed by atoms with Crippen LogP contribution in [-0.4, -0.2) is 29.6 Å². The lowest BCUT2D eigenvalue weighted by atomic mass is 10.3. The van der Waals surface area contributed by atoms with Crippen LogP contribution in [0.5, 0.6) is 0 Å². The summed E-state index contributed by atoms with van der Waals surface area (Å²) in [6, 6.07) is 0.454. The molecule has 70 valence electrons. The van der Waals surface area contributed by atoms with Crippen LogP contribution in [0, 0.1) is 0 Å². The van der Waals surface area contributed by atoms with Crippen molar-refractivity contribution in [2.75, 3.05) is 6.54 Å². The lowest BCUT2D eigenvalue weighted by Gasteiger charge is -2.26. The smallest absolute Gasteiger partial charge is 0.220 e. The van der Waals surface area contributed by atoms with E-state index in [-0.39, 0.29) is 12.1 Å². The maximum Gasteiger partial charge on any atom is 0.220 e. The van der Waals surface area contributed by atoms with Gasteiger partial charge in [-0.2, -0.15) is 0 Å². The fourth-order valence-electron chi connectivity index (χ4n) is 1.70. The Morgan fingerprint density at radius 3 is 2.75 bits per heavy atom. The first-order valence-electron chi connectivity index (χ1n) is 4.64. The fourth-order valence-corrected chi connectivity index (χ4v) is 1.70. The van der Waals surface area contributed by atoms with Crippen LogP contribution in [0.2, 0.25) is 0 Å². The molecule has 1 aliphatic heterocycles. The second-order valence-electron chi connectivity index (χ2n) is 3.69. The molecule has 0 radical (unpaired) electrons. The lowest BCUT2D eigenvalue weighted by molar-refractivity contribution is -0.130. The zero-order valence-corrected chi connectivity index (χ0v) is 8.13. The SMILES string of the molecule is CC(=O)N1CCCC1NC(C)C. The summed E-state index contributed by atoms with van der Waals surface area (Å²) in [5, 5.41) is 3.38. The third kappa shape index (κ3) is 2.21. The Morgan fingerprint density at radius 1 is 1.58 bits per heavy atom. The molecule has 1 fully saturated rings. The van der Waals surface area contributed by atoms with Crippen LogP contribution in [0.15, 0.2) is 0 Å². The average Bonchev–Trinajstić information content (AvgIpc) is 2.33. The molecule has 0 aliphatic carbocycles. The lowest BCUT2D eigenvalue weighted by Crippen LogP contribution is -2.46. The van der Waals surface area contributed by atoms with E-state index in [0.29, 0.717) is 6.04 Å². The molecule has 1 rings (SSSR count). The summed E-state index contributed by atoms with van der Waals surface area (Å²) in [5.41, 5.74) is 0. The van der Waals surface area contributed by atoms with E-state index in [0.717, 1.165) is 19.4 Å². The maximum absolute atomic E-state index is 11.1. The van der Waals surface area contributed by atoms with Crippen molar-refractivity contribution in [2.45, 2.75) is 45.8 Å². The molecular formula is C9H18N2O. The van der Waals surface area contributed by atoms with Gasteiger partial charge < -0.3 is 4.90 Å². The van der Waals surface area contributed by atoms with Crippen LogP contribution < -0.4 is 5.32 Å². The Morgan fingerprint density at radius 2 is 2.25 bits per heavy atom. The van der Waals surface area contributed by atoms with Gasteiger partial charge in [0.05, 0.1) is 6.17 Å². The normalized spacial score (nSPS) is 23.7. The molecule has 0 aromatic carbocycles. The molecule has 0 bridgehead atoms.